The Kier molecular flexibility index (Phi) is 3.63. The average molecular weight is 300 g/mol. The maximum Gasteiger partial charge on any atom is 0.321 e. The minimum absolute atomic E-state index is 0.186. The number of aliphatic hydroxyl groups is 1. The number of likely N-dealkylation sites (tertiary alicyclic amines) is 1. The molecule has 2 rings (SSSR count). The predicted molar refractivity (Wildman–Crippen MR) is 67.9 cm³/mol. The zero-order valence-electron chi connectivity index (χ0n) is 9.48. The molecule has 0 saturated carbocycles. The van der Waals surface area contributed by atoms with Gasteiger partial charge in [0, 0.05) is 13.1 Å². The molecule has 2 amide bonds. The molecule has 1 aromatic heterocycles. The maximum absolute atomic E-state index is 11.9. The van der Waals surface area contributed by atoms with E-state index >= 15 is 0 Å². The molecule has 1 saturated heterocycles. The summed E-state index contributed by atoms with van der Waals surface area (Å²) < 4.78 is 0.740. The van der Waals surface area contributed by atoms with Crippen LogP contribution in [0.1, 0.15) is 12.1 Å². The Hall–Kier alpha value is -1.14. The van der Waals surface area contributed by atoms with Crippen molar-refractivity contribution in [1.82, 2.24) is 9.88 Å². The van der Waals surface area contributed by atoms with Crippen LogP contribution in [0.15, 0.2) is 16.7 Å². The van der Waals surface area contributed by atoms with Gasteiger partial charge < -0.3 is 15.3 Å². The number of hydrogen-bond acceptors (Lipinski definition) is 3. The van der Waals surface area contributed by atoms with Crippen LogP contribution in [-0.2, 0) is 0 Å². The van der Waals surface area contributed by atoms with E-state index < -0.39 is 6.10 Å². The van der Waals surface area contributed by atoms with Gasteiger partial charge in [-0.1, -0.05) is 0 Å². The molecule has 1 aliphatic heterocycles. The SMILES string of the molecule is Cc1nc(Br)ccc1NC(=O)N1CC[C@H](O)C1. The highest BCUT2D eigenvalue weighted by Gasteiger charge is 2.24. The quantitative estimate of drug-likeness (QED) is 0.777. The summed E-state index contributed by atoms with van der Waals surface area (Å²) in [6.45, 7) is 2.82. The molecular formula is C11H14BrN3O2. The Labute approximate surface area is 108 Å². The molecule has 1 aromatic rings. The third-order valence-corrected chi connectivity index (χ3v) is 3.19. The lowest BCUT2D eigenvalue weighted by molar-refractivity contribution is 0.176. The third kappa shape index (κ3) is 2.95. The number of amides is 2. The lowest BCUT2D eigenvalue weighted by Crippen LogP contribution is -2.33. The number of anilines is 1. The third-order valence-electron chi connectivity index (χ3n) is 2.74. The van der Waals surface area contributed by atoms with Crippen LogP contribution in [0.25, 0.3) is 0 Å². The summed E-state index contributed by atoms with van der Waals surface area (Å²) in [7, 11) is 0. The first-order valence-corrected chi connectivity index (χ1v) is 6.22. The van der Waals surface area contributed by atoms with Crippen molar-refractivity contribution in [1.29, 1.82) is 0 Å². The summed E-state index contributed by atoms with van der Waals surface area (Å²) in [6, 6.07) is 3.40. The van der Waals surface area contributed by atoms with Crippen LogP contribution < -0.4 is 5.32 Å². The van der Waals surface area contributed by atoms with E-state index in [4.69, 9.17) is 0 Å². The number of aromatic nitrogens is 1. The Balaban J connectivity index is 2.03. The van der Waals surface area contributed by atoms with E-state index in [9.17, 15) is 9.90 Å². The van der Waals surface area contributed by atoms with Gasteiger partial charge in [-0.05, 0) is 41.4 Å². The number of halogens is 1. The van der Waals surface area contributed by atoms with E-state index in [2.05, 4.69) is 26.2 Å². The first-order valence-electron chi connectivity index (χ1n) is 5.43. The van der Waals surface area contributed by atoms with E-state index in [1.165, 1.54) is 0 Å². The van der Waals surface area contributed by atoms with Gasteiger partial charge in [0.1, 0.15) is 4.60 Å². The maximum atomic E-state index is 11.9. The largest absolute Gasteiger partial charge is 0.391 e. The number of nitrogens with one attached hydrogen (secondary N) is 1. The Morgan fingerprint density at radius 1 is 1.65 bits per heavy atom. The second-order valence-corrected chi connectivity index (χ2v) is 4.90. The number of rotatable bonds is 1. The van der Waals surface area contributed by atoms with Gasteiger partial charge in [-0.15, -0.1) is 0 Å². The number of aryl methyl sites for hydroxylation is 1. The van der Waals surface area contributed by atoms with Crippen molar-refractivity contribution in [3.63, 3.8) is 0 Å². The van der Waals surface area contributed by atoms with Crippen LogP contribution in [0, 0.1) is 6.92 Å². The van der Waals surface area contributed by atoms with Gasteiger partial charge in [0.05, 0.1) is 17.5 Å². The van der Waals surface area contributed by atoms with E-state index in [0.717, 1.165) is 10.3 Å². The predicted octanol–water partition coefficient (Wildman–Crippen LogP) is 1.75. The van der Waals surface area contributed by atoms with Crippen LogP contribution in [0.2, 0.25) is 0 Å². The van der Waals surface area contributed by atoms with Crippen molar-refractivity contribution in [2.45, 2.75) is 19.4 Å². The molecule has 0 aromatic carbocycles. The van der Waals surface area contributed by atoms with Crippen molar-refractivity contribution in [3.05, 3.63) is 22.4 Å². The first-order chi connectivity index (χ1) is 8.06. The molecular weight excluding hydrogens is 286 g/mol. The van der Waals surface area contributed by atoms with Gasteiger partial charge in [-0.25, -0.2) is 9.78 Å². The molecule has 1 aliphatic rings. The van der Waals surface area contributed by atoms with Crippen LogP contribution in [0.5, 0.6) is 0 Å². The number of urea groups is 1. The molecule has 5 nitrogen and oxygen atoms in total. The van der Waals surface area contributed by atoms with E-state index in [0.29, 0.717) is 25.2 Å². The molecule has 2 heterocycles. The van der Waals surface area contributed by atoms with Crippen molar-refractivity contribution >= 4 is 27.6 Å². The Bertz CT molecular complexity index is 439. The van der Waals surface area contributed by atoms with Crippen LogP contribution in [-0.4, -0.2) is 40.2 Å². The van der Waals surface area contributed by atoms with Gasteiger partial charge in [0.15, 0.2) is 0 Å². The monoisotopic (exact) mass is 299 g/mol. The fourth-order valence-electron chi connectivity index (χ4n) is 1.78. The summed E-state index contributed by atoms with van der Waals surface area (Å²) in [5.74, 6) is 0. The molecule has 2 N–H and O–H groups in total. The molecule has 0 radical (unpaired) electrons. The van der Waals surface area contributed by atoms with Crippen molar-refractivity contribution in [2.24, 2.45) is 0 Å². The van der Waals surface area contributed by atoms with Crippen LogP contribution >= 0.6 is 15.9 Å². The number of carbonyl (C=O) groups excluding carboxylic acids is 1. The molecule has 0 unspecified atom stereocenters. The second-order valence-electron chi connectivity index (χ2n) is 4.09. The summed E-state index contributed by atoms with van der Waals surface area (Å²) in [4.78, 5) is 17.7. The fraction of sp³-hybridized carbons (Fsp3) is 0.455. The zero-order chi connectivity index (χ0) is 12.4. The van der Waals surface area contributed by atoms with Crippen molar-refractivity contribution < 1.29 is 9.90 Å². The number of β-amino-alcohol motifs (C(OH)–C–C–N with tert-alkyl or cyclic N) is 1. The van der Waals surface area contributed by atoms with Gasteiger partial charge in [-0.3, -0.25) is 0 Å². The van der Waals surface area contributed by atoms with Gasteiger partial charge in [0.25, 0.3) is 0 Å². The lowest BCUT2D eigenvalue weighted by Gasteiger charge is -2.17. The molecule has 0 spiro atoms. The summed E-state index contributed by atoms with van der Waals surface area (Å²) in [5.41, 5.74) is 1.45. The fourth-order valence-corrected chi connectivity index (χ4v) is 2.18. The number of hydrogen-bond donors (Lipinski definition) is 2. The Morgan fingerprint density at radius 3 is 3.00 bits per heavy atom. The van der Waals surface area contributed by atoms with Crippen molar-refractivity contribution in [2.75, 3.05) is 18.4 Å². The summed E-state index contributed by atoms with van der Waals surface area (Å²) in [5, 5.41) is 12.2. The average Bonchev–Trinajstić information content (AvgIpc) is 2.69. The second kappa shape index (κ2) is 5.01. The molecule has 6 heteroatoms. The normalized spacial score (nSPS) is 19.5. The summed E-state index contributed by atoms with van der Waals surface area (Å²) >= 11 is 3.27. The summed E-state index contributed by atoms with van der Waals surface area (Å²) in [6.07, 6.45) is 0.246. The lowest BCUT2D eigenvalue weighted by atomic mass is 10.3. The van der Waals surface area contributed by atoms with Crippen LogP contribution in [0.4, 0.5) is 10.5 Å². The highest BCUT2D eigenvalue weighted by molar-refractivity contribution is 9.10. The van der Waals surface area contributed by atoms with E-state index in [-0.39, 0.29) is 6.03 Å². The molecule has 17 heavy (non-hydrogen) atoms. The highest BCUT2D eigenvalue weighted by Crippen LogP contribution is 2.17. The van der Waals surface area contributed by atoms with E-state index in [1.54, 1.807) is 17.0 Å². The highest BCUT2D eigenvalue weighted by atomic mass is 79.9. The molecule has 0 aliphatic carbocycles. The van der Waals surface area contributed by atoms with Gasteiger partial charge in [0.2, 0.25) is 0 Å². The smallest absolute Gasteiger partial charge is 0.321 e. The van der Waals surface area contributed by atoms with Crippen LogP contribution in [0.3, 0.4) is 0 Å². The Morgan fingerprint density at radius 2 is 2.41 bits per heavy atom. The number of aliphatic hydroxyl groups excluding tert-OH is 1. The molecule has 0 bridgehead atoms. The first kappa shape index (κ1) is 12.3. The van der Waals surface area contributed by atoms with Crippen molar-refractivity contribution in [3.8, 4) is 0 Å². The minimum atomic E-state index is -0.398. The number of carbonyl (C=O) groups is 1. The molecule has 1 fully saturated rings. The standard InChI is InChI=1S/C11H14BrN3O2/c1-7-9(2-3-10(12)13-7)14-11(17)15-5-4-8(16)6-15/h2-3,8,16H,4-6H2,1H3,(H,14,17)/t8-/m0/s1. The molecule has 92 valence electrons. The topological polar surface area (TPSA) is 65.5 Å². The number of nitrogens with zero attached hydrogens (tertiary/aromatic N) is 2. The van der Waals surface area contributed by atoms with Gasteiger partial charge >= 0.3 is 6.03 Å². The van der Waals surface area contributed by atoms with Gasteiger partial charge in [-0.2, -0.15) is 0 Å². The zero-order valence-corrected chi connectivity index (χ0v) is 11.1. The number of pyridine rings is 1. The van der Waals surface area contributed by atoms with E-state index in [1.807, 2.05) is 6.92 Å². The molecule has 1 atom stereocenters. The minimum Gasteiger partial charge on any atom is -0.391 e.